The molecule has 0 bridgehead atoms. The second kappa shape index (κ2) is 8.39. The summed E-state index contributed by atoms with van der Waals surface area (Å²) in [6.07, 6.45) is 8.51. The van der Waals surface area contributed by atoms with Crippen LogP contribution in [0, 0.1) is 0 Å². The summed E-state index contributed by atoms with van der Waals surface area (Å²) in [6.45, 7) is 4.61. The molecule has 120 valence electrons. The van der Waals surface area contributed by atoms with Crippen molar-refractivity contribution < 1.29 is 17.7 Å². The SMILES string of the molecule is CCCC[CH2][Pt]([CH3])([CH3])([CH3])([CH3])[CH2]CCCC.[SiH3]O[SiH3]. The van der Waals surface area contributed by atoms with Crippen LogP contribution in [0.3, 0.4) is 0 Å². The molecule has 0 saturated carbocycles. The summed E-state index contributed by atoms with van der Waals surface area (Å²) in [4.78, 5) is 3.07. The van der Waals surface area contributed by atoms with Crippen molar-refractivity contribution in [2.75, 3.05) is 0 Å². The first-order valence-corrected chi connectivity index (χ1v) is 20.9. The Morgan fingerprint density at radius 1 is 0.722 bits per heavy atom. The minimum absolute atomic E-state index is 0.931. The summed E-state index contributed by atoms with van der Waals surface area (Å²) in [5, 5.41) is 10.6. The van der Waals surface area contributed by atoms with Gasteiger partial charge in [0.25, 0.3) is 0 Å². The van der Waals surface area contributed by atoms with Crippen molar-refractivity contribution in [1.82, 2.24) is 0 Å². The third kappa shape index (κ3) is 15.1. The van der Waals surface area contributed by atoms with Crippen LogP contribution in [0.5, 0.6) is 0 Å². The van der Waals surface area contributed by atoms with Crippen LogP contribution in [0.1, 0.15) is 52.4 Å². The minimum atomic E-state index is -2.45. The Morgan fingerprint density at radius 3 is 1.22 bits per heavy atom. The fourth-order valence-corrected chi connectivity index (χ4v) is 11.1. The molecule has 0 aliphatic carbocycles. The molecular weight excluding hydrogens is 435 g/mol. The summed E-state index contributed by atoms with van der Waals surface area (Å²) in [6, 6.07) is 0. The molecule has 4 heteroatoms. The Labute approximate surface area is 121 Å². The molecule has 0 radical (unpaired) electrons. The van der Waals surface area contributed by atoms with Gasteiger partial charge in [0.1, 0.15) is 21.0 Å². The fourth-order valence-electron chi connectivity index (χ4n) is 1.79. The normalized spacial score (nSPS) is 15.7. The van der Waals surface area contributed by atoms with E-state index in [0.29, 0.717) is 0 Å². The minimum Gasteiger partial charge on any atom is -0.471 e. The fraction of sp³-hybridized carbons (Fsp3) is 1.00. The van der Waals surface area contributed by atoms with Gasteiger partial charge >= 0.3 is 96.8 Å². The van der Waals surface area contributed by atoms with E-state index in [0.717, 1.165) is 21.0 Å². The van der Waals surface area contributed by atoms with Crippen LogP contribution < -0.4 is 0 Å². The van der Waals surface area contributed by atoms with Crippen LogP contribution in [-0.2, 0) is 17.7 Å². The van der Waals surface area contributed by atoms with Crippen LogP contribution in [-0.4, -0.2) is 21.0 Å². The van der Waals surface area contributed by atoms with Crippen LogP contribution in [0.4, 0.5) is 0 Å². The van der Waals surface area contributed by atoms with Crippen molar-refractivity contribution in [3.8, 4) is 0 Å². The molecule has 0 unspecified atom stereocenters. The average molecular weight is 476 g/mol. The number of hydrogen-bond acceptors (Lipinski definition) is 1. The van der Waals surface area contributed by atoms with Crippen molar-refractivity contribution in [2.45, 2.75) is 83.2 Å². The smallest absolute Gasteiger partial charge is 0.129 e. The summed E-state index contributed by atoms with van der Waals surface area (Å²) in [7, 11) is 1.86. The topological polar surface area (TPSA) is 9.23 Å². The molecule has 0 amide bonds. The Bertz CT molecular complexity index is 192. The molecule has 0 aromatic carbocycles. The van der Waals surface area contributed by atoms with Crippen LogP contribution >= 0.6 is 0 Å². The van der Waals surface area contributed by atoms with Gasteiger partial charge in [-0.15, -0.1) is 0 Å². The van der Waals surface area contributed by atoms with Gasteiger partial charge in [0, 0.05) is 0 Å². The number of unbranched alkanes of at least 4 members (excludes halogenated alkanes) is 4. The van der Waals surface area contributed by atoms with Crippen LogP contribution in [0.2, 0.25) is 30.9 Å². The molecule has 0 atom stereocenters. The van der Waals surface area contributed by atoms with Crippen molar-refractivity contribution in [1.29, 1.82) is 0 Å². The van der Waals surface area contributed by atoms with Gasteiger partial charge in [0.15, 0.2) is 0 Å². The van der Waals surface area contributed by atoms with E-state index in [4.69, 9.17) is 0 Å². The second-order valence-corrected chi connectivity index (χ2v) is 40.1. The molecule has 0 aromatic rings. The van der Waals surface area contributed by atoms with Gasteiger partial charge < -0.3 is 4.12 Å². The van der Waals surface area contributed by atoms with Gasteiger partial charge in [0.05, 0.1) is 0 Å². The van der Waals surface area contributed by atoms with Gasteiger partial charge in [0.2, 0.25) is 0 Å². The molecule has 0 heterocycles. The Balaban J connectivity index is 0. The molecular formula is C14H40OPtSi2. The molecule has 0 aliphatic heterocycles. The standard InChI is InChI=1S/2C5H11.4CH3.H6OSi2.Pt/c2*1-3-5-4-2;;;;;2-1-3;/h2*1,3-5H2,2H3;4*1H3;2-3H3;. The largest absolute Gasteiger partial charge is 0.471 e. The van der Waals surface area contributed by atoms with E-state index in [1.165, 1.54) is 48.1 Å². The maximum Gasteiger partial charge on any atom is 0.129 e. The van der Waals surface area contributed by atoms with Crippen molar-refractivity contribution in [3.05, 3.63) is 0 Å². The molecule has 18 heavy (non-hydrogen) atoms. The summed E-state index contributed by atoms with van der Waals surface area (Å²) >= 11 is -2.45. The maximum absolute atomic E-state index is 4.53. The first kappa shape index (κ1) is 21.4. The predicted molar refractivity (Wildman–Crippen MR) is 93.1 cm³/mol. The van der Waals surface area contributed by atoms with Crippen LogP contribution in [0.15, 0.2) is 0 Å². The van der Waals surface area contributed by atoms with E-state index >= 15 is 0 Å². The summed E-state index contributed by atoms with van der Waals surface area (Å²) < 4.78 is 4.53. The molecule has 0 N–H and O–H groups in total. The molecule has 1 nitrogen and oxygen atoms in total. The van der Waals surface area contributed by atoms with Gasteiger partial charge in [-0.05, 0) is 0 Å². The van der Waals surface area contributed by atoms with E-state index in [9.17, 15) is 0 Å². The second-order valence-electron chi connectivity index (χ2n) is 6.98. The third-order valence-electron chi connectivity index (χ3n) is 2.92. The van der Waals surface area contributed by atoms with Crippen molar-refractivity contribution in [3.63, 3.8) is 0 Å². The molecule has 0 fully saturated rings. The quantitative estimate of drug-likeness (QED) is 0.378. The first-order chi connectivity index (χ1) is 8.04. The average Bonchev–Trinajstić information content (AvgIpc) is 2.17. The maximum atomic E-state index is 4.53. The Hall–Kier alpha value is 1.08. The Morgan fingerprint density at radius 2 is 1.00 bits per heavy atom. The zero-order chi connectivity index (χ0) is 14.8. The predicted octanol–water partition coefficient (Wildman–Crippen LogP) is 4.18. The Kier molecular flexibility index (Phi) is 9.96. The summed E-state index contributed by atoms with van der Waals surface area (Å²) in [5.41, 5.74) is 0. The zero-order valence-corrected chi connectivity index (χ0v) is 20.7. The molecule has 0 aliphatic rings. The monoisotopic (exact) mass is 475 g/mol. The van der Waals surface area contributed by atoms with E-state index in [-0.39, 0.29) is 0 Å². The summed E-state index contributed by atoms with van der Waals surface area (Å²) in [5.74, 6) is 0. The van der Waals surface area contributed by atoms with Gasteiger partial charge in [-0.25, -0.2) is 0 Å². The number of rotatable bonds is 8. The van der Waals surface area contributed by atoms with Gasteiger partial charge in [-0.3, -0.25) is 0 Å². The van der Waals surface area contributed by atoms with E-state index in [2.05, 4.69) is 39.2 Å². The third-order valence-corrected chi connectivity index (χ3v) is 15.2. The molecule has 0 rings (SSSR count). The number of hydrogen-bond donors (Lipinski definition) is 0. The van der Waals surface area contributed by atoms with Gasteiger partial charge in [-0.2, -0.15) is 0 Å². The van der Waals surface area contributed by atoms with E-state index in [1.807, 2.05) is 0 Å². The zero-order valence-electron chi connectivity index (χ0n) is 14.4. The molecule has 0 spiro atoms. The van der Waals surface area contributed by atoms with Crippen molar-refractivity contribution >= 4 is 21.0 Å². The first-order valence-electron chi connectivity index (χ1n) is 6.94. The molecule has 0 saturated heterocycles. The van der Waals surface area contributed by atoms with E-state index < -0.39 is 13.6 Å². The van der Waals surface area contributed by atoms with E-state index in [1.54, 1.807) is 0 Å². The van der Waals surface area contributed by atoms with Gasteiger partial charge in [-0.1, -0.05) is 0 Å². The van der Waals surface area contributed by atoms with Crippen molar-refractivity contribution in [2.24, 2.45) is 0 Å². The molecule has 0 aromatic heterocycles. The van der Waals surface area contributed by atoms with Crippen LogP contribution in [0.25, 0.3) is 0 Å².